The van der Waals surface area contributed by atoms with Crippen molar-refractivity contribution in [3.63, 3.8) is 0 Å². The molecule has 0 saturated heterocycles. The molecule has 0 fully saturated rings. The maximum absolute atomic E-state index is 14.5. The fourth-order valence-electron chi connectivity index (χ4n) is 2.62. The minimum atomic E-state index is -1.55. The highest BCUT2D eigenvalue weighted by Gasteiger charge is 2.40. The van der Waals surface area contributed by atoms with Crippen molar-refractivity contribution in [2.75, 3.05) is 0 Å². The Morgan fingerprint density at radius 3 is 2.46 bits per heavy atom. The van der Waals surface area contributed by atoms with Crippen LogP contribution in [0.3, 0.4) is 0 Å². The van der Waals surface area contributed by atoms with Crippen molar-refractivity contribution >= 4 is 11.4 Å². The number of halogens is 2. The Kier molecular flexibility index (Phi) is 6.12. The molecule has 5 nitrogen and oxygen atoms in total. The largest absolute Gasteiger partial charge is 0.598 e. The van der Waals surface area contributed by atoms with Gasteiger partial charge in [0.05, 0.1) is 17.3 Å². The molecule has 1 unspecified atom stereocenters. The second kappa shape index (κ2) is 7.64. The minimum Gasteiger partial charge on any atom is -0.598 e. The van der Waals surface area contributed by atoms with Crippen LogP contribution in [0.25, 0.3) is 0 Å². The van der Waals surface area contributed by atoms with E-state index in [0.29, 0.717) is 11.3 Å². The molecular weight excluding hydrogens is 362 g/mol. The van der Waals surface area contributed by atoms with E-state index < -0.39 is 39.4 Å². The van der Waals surface area contributed by atoms with E-state index in [1.165, 1.54) is 12.3 Å². The molecule has 0 bridgehead atoms. The number of benzene rings is 1. The normalized spacial score (nSPS) is 17.0. The molecule has 144 valence electrons. The average molecular weight is 386 g/mol. The van der Waals surface area contributed by atoms with Gasteiger partial charge < -0.3 is 14.2 Å². The van der Waals surface area contributed by atoms with Gasteiger partial charge in [0.15, 0.2) is 0 Å². The third-order valence-electron chi connectivity index (χ3n) is 4.15. The van der Waals surface area contributed by atoms with Crippen molar-refractivity contribution in [2.24, 2.45) is 0 Å². The summed E-state index contributed by atoms with van der Waals surface area (Å²) >= 11 is -1.55. The summed E-state index contributed by atoms with van der Waals surface area (Å²) in [4.78, 5) is 0. The average Bonchev–Trinajstić information content (AvgIpc) is 2.92. The third kappa shape index (κ3) is 4.62. The standard InChI is InChI=1S/C18H24F2N2O3S/c1-11-13(10-25-21-11)16(23)9-18(5,22-26(24)17(2,3)4)14-7-6-12(19)8-15(14)20/h6-8,10,16,22-23H,9H2,1-5H3/t16-,18-,26?/m1/s1. The van der Waals surface area contributed by atoms with Gasteiger partial charge in [-0.15, -0.1) is 4.72 Å². The first-order valence-electron chi connectivity index (χ1n) is 8.18. The van der Waals surface area contributed by atoms with Gasteiger partial charge in [0.1, 0.15) is 22.6 Å². The second-order valence-corrected chi connectivity index (χ2v) is 9.48. The lowest BCUT2D eigenvalue weighted by molar-refractivity contribution is 0.129. The summed E-state index contributed by atoms with van der Waals surface area (Å²) in [6.45, 7) is 8.63. The molecular formula is C18H24F2N2O3S. The van der Waals surface area contributed by atoms with Crippen LogP contribution < -0.4 is 4.72 Å². The molecule has 2 rings (SSSR count). The van der Waals surface area contributed by atoms with Crippen molar-refractivity contribution in [3.8, 4) is 0 Å². The van der Waals surface area contributed by atoms with Gasteiger partial charge in [-0.3, -0.25) is 0 Å². The van der Waals surface area contributed by atoms with Crippen LogP contribution in [-0.2, 0) is 16.9 Å². The van der Waals surface area contributed by atoms with Crippen LogP contribution in [0.5, 0.6) is 0 Å². The monoisotopic (exact) mass is 386 g/mol. The number of aromatic nitrogens is 1. The Labute approximate surface area is 155 Å². The van der Waals surface area contributed by atoms with Crippen LogP contribution in [-0.4, -0.2) is 19.6 Å². The Morgan fingerprint density at radius 2 is 1.96 bits per heavy atom. The number of nitrogens with one attached hydrogen (secondary N) is 1. The van der Waals surface area contributed by atoms with E-state index in [9.17, 15) is 18.4 Å². The van der Waals surface area contributed by atoms with Crippen molar-refractivity contribution in [2.45, 2.75) is 57.4 Å². The van der Waals surface area contributed by atoms with Crippen LogP contribution in [0.4, 0.5) is 8.78 Å². The predicted octanol–water partition coefficient (Wildman–Crippen LogP) is 3.65. The number of nitrogens with zero attached hydrogens (tertiary/aromatic N) is 1. The summed E-state index contributed by atoms with van der Waals surface area (Å²) in [5.74, 6) is -1.49. The SMILES string of the molecule is Cc1nocc1[C@H](O)C[C@@](C)(N[S+]([O-])C(C)(C)C)c1ccc(F)cc1F. The van der Waals surface area contributed by atoms with Gasteiger partial charge in [0.2, 0.25) is 0 Å². The molecule has 3 atom stereocenters. The molecule has 0 aliphatic carbocycles. The summed E-state index contributed by atoms with van der Waals surface area (Å²) in [6.07, 6.45) is 0.266. The van der Waals surface area contributed by atoms with E-state index in [0.717, 1.165) is 12.1 Å². The molecule has 2 aromatic rings. The zero-order chi connectivity index (χ0) is 19.7. The maximum atomic E-state index is 14.5. The van der Waals surface area contributed by atoms with Gasteiger partial charge in [-0.2, -0.15) is 0 Å². The lowest BCUT2D eigenvalue weighted by atomic mass is 9.85. The first-order valence-corrected chi connectivity index (χ1v) is 9.33. The highest BCUT2D eigenvalue weighted by molar-refractivity contribution is 7.90. The lowest BCUT2D eigenvalue weighted by Gasteiger charge is -2.36. The number of rotatable bonds is 6. The van der Waals surface area contributed by atoms with Crippen LogP contribution in [0, 0.1) is 18.6 Å². The van der Waals surface area contributed by atoms with Crippen molar-refractivity contribution in [1.29, 1.82) is 0 Å². The molecule has 0 amide bonds. The van der Waals surface area contributed by atoms with Gasteiger partial charge in [-0.1, -0.05) is 11.2 Å². The molecule has 0 saturated carbocycles. The van der Waals surface area contributed by atoms with Crippen molar-refractivity contribution < 1.29 is 23.0 Å². The molecule has 0 radical (unpaired) electrons. The molecule has 26 heavy (non-hydrogen) atoms. The summed E-state index contributed by atoms with van der Waals surface area (Å²) < 4.78 is 47.6. The maximum Gasteiger partial charge on any atom is 0.136 e. The number of aryl methyl sites for hydroxylation is 1. The van der Waals surface area contributed by atoms with Crippen LogP contribution in [0.15, 0.2) is 29.0 Å². The number of aliphatic hydroxyl groups excluding tert-OH is 1. The Balaban J connectivity index is 2.42. The van der Waals surface area contributed by atoms with Gasteiger partial charge >= 0.3 is 0 Å². The second-order valence-electron chi connectivity index (χ2n) is 7.51. The molecule has 2 N–H and O–H groups in total. The van der Waals surface area contributed by atoms with E-state index in [1.807, 2.05) is 0 Å². The van der Waals surface area contributed by atoms with Gasteiger partial charge in [-0.25, -0.2) is 8.78 Å². The van der Waals surface area contributed by atoms with E-state index >= 15 is 0 Å². The fourth-order valence-corrected chi connectivity index (χ4v) is 3.53. The third-order valence-corrected chi connectivity index (χ3v) is 5.90. The number of aliphatic hydroxyl groups is 1. The Morgan fingerprint density at radius 1 is 1.31 bits per heavy atom. The minimum absolute atomic E-state index is 0.0145. The first kappa shape index (κ1) is 20.8. The predicted molar refractivity (Wildman–Crippen MR) is 95.6 cm³/mol. The zero-order valence-electron chi connectivity index (χ0n) is 15.5. The van der Waals surface area contributed by atoms with Gasteiger partial charge in [0.25, 0.3) is 0 Å². The Bertz CT molecular complexity index is 763. The number of hydrogen-bond acceptors (Lipinski definition) is 5. The van der Waals surface area contributed by atoms with E-state index in [1.54, 1.807) is 34.6 Å². The van der Waals surface area contributed by atoms with E-state index in [4.69, 9.17) is 4.52 Å². The molecule has 1 aromatic carbocycles. The molecule has 0 aliphatic rings. The van der Waals surface area contributed by atoms with Gasteiger partial charge in [0, 0.05) is 35.0 Å². The summed E-state index contributed by atoms with van der Waals surface area (Å²) in [6, 6.07) is 3.20. The van der Waals surface area contributed by atoms with E-state index in [2.05, 4.69) is 9.88 Å². The topological polar surface area (TPSA) is 81.4 Å². The Hall–Kier alpha value is -1.48. The summed E-state index contributed by atoms with van der Waals surface area (Å²) in [7, 11) is 0. The molecule has 1 aromatic heterocycles. The van der Waals surface area contributed by atoms with Crippen molar-refractivity contribution in [1.82, 2.24) is 9.88 Å². The van der Waals surface area contributed by atoms with Crippen LogP contribution in [0.2, 0.25) is 0 Å². The van der Waals surface area contributed by atoms with E-state index in [-0.39, 0.29) is 12.0 Å². The quantitative estimate of drug-likeness (QED) is 0.741. The fraction of sp³-hybridized carbons (Fsp3) is 0.500. The molecule has 0 spiro atoms. The lowest BCUT2D eigenvalue weighted by Crippen LogP contribution is -2.51. The first-order chi connectivity index (χ1) is 11.9. The highest BCUT2D eigenvalue weighted by atomic mass is 32.2. The highest BCUT2D eigenvalue weighted by Crippen LogP contribution is 2.36. The molecule has 8 heteroatoms. The zero-order valence-corrected chi connectivity index (χ0v) is 16.3. The van der Waals surface area contributed by atoms with Gasteiger partial charge in [-0.05, 0) is 40.7 Å². The summed E-state index contributed by atoms with van der Waals surface area (Å²) in [5, 5.41) is 14.3. The number of hydrogen-bond donors (Lipinski definition) is 2. The summed E-state index contributed by atoms with van der Waals surface area (Å²) in [5.41, 5.74) is -0.137. The molecule has 1 heterocycles. The van der Waals surface area contributed by atoms with Crippen LogP contribution in [0.1, 0.15) is 57.0 Å². The van der Waals surface area contributed by atoms with Crippen molar-refractivity contribution in [3.05, 3.63) is 52.9 Å². The van der Waals surface area contributed by atoms with Crippen LogP contribution >= 0.6 is 0 Å². The smallest absolute Gasteiger partial charge is 0.136 e. The molecule has 0 aliphatic heterocycles.